The minimum Gasteiger partial charge on any atom is -0.505 e. The first-order chi connectivity index (χ1) is 14.3. The molecule has 3 aromatic rings. The molecule has 0 aliphatic heterocycles. The van der Waals surface area contributed by atoms with Crippen molar-refractivity contribution in [2.24, 2.45) is 0 Å². The number of aromatic hydroxyl groups is 1. The van der Waals surface area contributed by atoms with Crippen molar-refractivity contribution in [3.8, 4) is 22.8 Å². The Morgan fingerprint density at radius 3 is 2.33 bits per heavy atom. The van der Waals surface area contributed by atoms with Crippen LogP contribution < -0.4 is 10.3 Å². The second-order valence-electron chi connectivity index (χ2n) is 6.26. The van der Waals surface area contributed by atoms with Gasteiger partial charge < -0.3 is 14.6 Å². The van der Waals surface area contributed by atoms with Crippen molar-refractivity contribution in [1.29, 1.82) is 0 Å². The van der Waals surface area contributed by atoms with Crippen molar-refractivity contribution in [2.75, 3.05) is 13.7 Å². The molecule has 9 heteroatoms. The quantitative estimate of drug-likeness (QED) is 0.621. The molecule has 0 aliphatic rings. The lowest BCUT2D eigenvalue weighted by Gasteiger charge is -2.13. The number of carbonyl (C=O) groups is 1. The van der Waals surface area contributed by atoms with Crippen LogP contribution in [0.25, 0.3) is 11.3 Å². The lowest BCUT2D eigenvalue weighted by atomic mass is 10.1. The Morgan fingerprint density at radius 1 is 1.13 bits per heavy atom. The van der Waals surface area contributed by atoms with E-state index in [0.717, 1.165) is 16.8 Å². The Bertz CT molecular complexity index is 1120. The van der Waals surface area contributed by atoms with Crippen molar-refractivity contribution in [3.05, 3.63) is 75.6 Å². The zero-order valence-electron chi connectivity index (χ0n) is 16.2. The van der Waals surface area contributed by atoms with Crippen molar-refractivity contribution in [3.63, 3.8) is 0 Å². The van der Waals surface area contributed by atoms with Gasteiger partial charge in [-0.25, -0.2) is 18.3 Å². The highest BCUT2D eigenvalue weighted by Gasteiger charge is 2.25. The van der Waals surface area contributed by atoms with Gasteiger partial charge in [-0.05, 0) is 48.9 Å². The molecule has 0 saturated carbocycles. The lowest BCUT2D eigenvalue weighted by molar-refractivity contribution is 0.0519. The van der Waals surface area contributed by atoms with Gasteiger partial charge in [-0.15, -0.1) is 0 Å². The average molecular weight is 416 g/mol. The van der Waals surface area contributed by atoms with Crippen molar-refractivity contribution in [1.82, 2.24) is 9.78 Å². The third-order valence-electron chi connectivity index (χ3n) is 4.23. The summed E-state index contributed by atoms with van der Waals surface area (Å²) in [5.74, 6) is -2.77. The molecule has 0 saturated heterocycles. The first kappa shape index (κ1) is 21.0. The van der Waals surface area contributed by atoms with Gasteiger partial charge in [-0.3, -0.25) is 4.79 Å². The Kier molecular flexibility index (Phi) is 6.10. The van der Waals surface area contributed by atoms with E-state index in [0.29, 0.717) is 17.4 Å². The SMILES string of the molecule is CCOC(=O)c1c(O)c(-c2ccc(OC)cc2)nn(Cc2cc(F)cc(F)c2)c1=O. The predicted molar refractivity (Wildman–Crippen MR) is 104 cm³/mol. The average Bonchev–Trinajstić information content (AvgIpc) is 2.70. The smallest absolute Gasteiger partial charge is 0.347 e. The number of methoxy groups -OCH3 is 1. The standard InChI is InChI=1S/C21H18F2N2O5/c1-3-30-21(28)17-19(26)18(13-4-6-16(29-2)7-5-13)24-25(20(17)27)11-12-8-14(22)10-15(23)9-12/h4-10,26H,3,11H2,1-2H3. The number of hydrogen-bond donors (Lipinski definition) is 1. The summed E-state index contributed by atoms with van der Waals surface area (Å²) in [5, 5.41) is 14.7. The van der Waals surface area contributed by atoms with E-state index >= 15 is 0 Å². The number of hydrogen-bond acceptors (Lipinski definition) is 6. The van der Waals surface area contributed by atoms with Crippen LogP contribution in [0, 0.1) is 11.6 Å². The van der Waals surface area contributed by atoms with Gasteiger partial charge in [0.15, 0.2) is 11.3 Å². The van der Waals surface area contributed by atoms with Gasteiger partial charge in [0.25, 0.3) is 5.56 Å². The number of aromatic nitrogens is 2. The largest absolute Gasteiger partial charge is 0.505 e. The van der Waals surface area contributed by atoms with Crippen LogP contribution >= 0.6 is 0 Å². The van der Waals surface area contributed by atoms with Crippen molar-refractivity contribution in [2.45, 2.75) is 13.5 Å². The highest BCUT2D eigenvalue weighted by molar-refractivity contribution is 5.94. The maximum Gasteiger partial charge on any atom is 0.347 e. The Balaban J connectivity index is 2.18. The third kappa shape index (κ3) is 4.29. The van der Waals surface area contributed by atoms with Crippen LogP contribution in [-0.2, 0) is 11.3 Å². The Labute approximate surface area is 170 Å². The van der Waals surface area contributed by atoms with Gasteiger partial charge in [0.2, 0.25) is 0 Å². The molecule has 30 heavy (non-hydrogen) atoms. The first-order valence-corrected chi connectivity index (χ1v) is 8.94. The highest BCUT2D eigenvalue weighted by atomic mass is 19.1. The molecule has 7 nitrogen and oxygen atoms in total. The van der Waals surface area contributed by atoms with E-state index in [9.17, 15) is 23.5 Å². The molecule has 156 valence electrons. The van der Waals surface area contributed by atoms with Crippen molar-refractivity contribution >= 4 is 5.97 Å². The normalized spacial score (nSPS) is 10.7. The zero-order valence-corrected chi connectivity index (χ0v) is 16.2. The second kappa shape index (κ2) is 8.73. The molecule has 0 bridgehead atoms. The molecule has 2 aromatic carbocycles. The third-order valence-corrected chi connectivity index (χ3v) is 4.23. The van der Waals surface area contributed by atoms with Crippen LogP contribution in [0.4, 0.5) is 8.78 Å². The molecule has 0 fully saturated rings. The summed E-state index contributed by atoms with van der Waals surface area (Å²) in [6.07, 6.45) is 0. The van der Waals surface area contributed by atoms with E-state index in [-0.39, 0.29) is 24.4 Å². The van der Waals surface area contributed by atoms with Gasteiger partial charge in [0.1, 0.15) is 23.1 Å². The van der Waals surface area contributed by atoms with Crippen LogP contribution in [0.15, 0.2) is 47.3 Å². The number of halogens is 2. The minimum absolute atomic E-state index is 0.0208. The fourth-order valence-electron chi connectivity index (χ4n) is 2.88. The van der Waals surface area contributed by atoms with Gasteiger partial charge in [-0.2, -0.15) is 5.10 Å². The van der Waals surface area contributed by atoms with Gasteiger partial charge in [0, 0.05) is 11.6 Å². The van der Waals surface area contributed by atoms with Crippen LogP contribution in [-0.4, -0.2) is 34.6 Å². The molecule has 1 aromatic heterocycles. The van der Waals surface area contributed by atoms with E-state index in [1.54, 1.807) is 31.2 Å². The summed E-state index contributed by atoms with van der Waals surface area (Å²) < 4.78 is 37.9. The molecule has 0 aliphatic carbocycles. The van der Waals surface area contributed by atoms with Gasteiger partial charge >= 0.3 is 5.97 Å². The maximum atomic E-state index is 13.5. The van der Waals surface area contributed by atoms with Crippen LogP contribution in [0.5, 0.6) is 11.5 Å². The van der Waals surface area contributed by atoms with Crippen LogP contribution in [0.1, 0.15) is 22.8 Å². The summed E-state index contributed by atoms with van der Waals surface area (Å²) in [6, 6.07) is 9.15. The molecule has 0 atom stereocenters. The number of carbonyl (C=O) groups excluding carboxylic acids is 1. The molecule has 0 unspecified atom stereocenters. The fourth-order valence-corrected chi connectivity index (χ4v) is 2.88. The summed E-state index contributed by atoms with van der Waals surface area (Å²) in [5.41, 5.74) is -1.14. The minimum atomic E-state index is -1.03. The van der Waals surface area contributed by atoms with E-state index in [2.05, 4.69) is 5.10 Å². The molecular weight excluding hydrogens is 398 g/mol. The zero-order chi connectivity index (χ0) is 21.8. The molecular formula is C21H18F2N2O5. The number of rotatable bonds is 6. The van der Waals surface area contributed by atoms with E-state index in [1.807, 2.05) is 0 Å². The number of benzene rings is 2. The van der Waals surface area contributed by atoms with E-state index in [4.69, 9.17) is 9.47 Å². The van der Waals surface area contributed by atoms with Crippen molar-refractivity contribution < 1.29 is 28.2 Å². The van der Waals surface area contributed by atoms with E-state index < -0.39 is 34.5 Å². The van der Waals surface area contributed by atoms with E-state index in [1.165, 1.54) is 7.11 Å². The Morgan fingerprint density at radius 2 is 1.77 bits per heavy atom. The van der Waals surface area contributed by atoms with Gasteiger partial charge in [-0.1, -0.05) is 0 Å². The number of esters is 1. The summed E-state index contributed by atoms with van der Waals surface area (Å²) >= 11 is 0. The summed E-state index contributed by atoms with van der Waals surface area (Å²) in [6.45, 7) is 1.20. The second-order valence-corrected chi connectivity index (χ2v) is 6.26. The maximum absolute atomic E-state index is 13.5. The summed E-state index contributed by atoms with van der Waals surface area (Å²) in [4.78, 5) is 25.1. The highest BCUT2D eigenvalue weighted by Crippen LogP contribution is 2.30. The molecule has 1 N–H and O–H groups in total. The predicted octanol–water partition coefficient (Wildman–Crippen LogP) is 3.13. The monoisotopic (exact) mass is 416 g/mol. The van der Waals surface area contributed by atoms with Crippen LogP contribution in [0.2, 0.25) is 0 Å². The molecule has 0 amide bonds. The molecule has 0 spiro atoms. The summed E-state index contributed by atoms with van der Waals surface area (Å²) in [7, 11) is 1.49. The van der Waals surface area contributed by atoms with Gasteiger partial charge in [0.05, 0.1) is 20.3 Å². The lowest BCUT2D eigenvalue weighted by Crippen LogP contribution is -2.30. The molecule has 3 rings (SSSR count). The Hall–Kier alpha value is -3.75. The number of nitrogens with zero attached hydrogens (tertiary/aromatic N) is 2. The topological polar surface area (TPSA) is 90.7 Å². The molecule has 0 radical (unpaired) electrons. The number of ether oxygens (including phenoxy) is 2. The first-order valence-electron chi connectivity index (χ1n) is 8.94. The molecule has 1 heterocycles. The fraction of sp³-hybridized carbons (Fsp3) is 0.190. The van der Waals surface area contributed by atoms with Crippen LogP contribution in [0.3, 0.4) is 0 Å².